The normalized spacial score (nSPS) is 12.4. The Kier molecular flexibility index (Phi) is 4.88. The molecule has 0 saturated carbocycles. The van der Waals surface area contributed by atoms with Crippen LogP contribution in [0.5, 0.6) is 5.75 Å². The minimum atomic E-state index is -5.56. The van der Waals surface area contributed by atoms with E-state index in [4.69, 9.17) is 4.55 Å². The fraction of sp³-hybridized carbons (Fsp3) is 0.417. The smallest absolute Gasteiger partial charge is 0.317 e. The van der Waals surface area contributed by atoms with Gasteiger partial charge in [-0.15, -0.1) is 0 Å². The van der Waals surface area contributed by atoms with Crippen molar-refractivity contribution >= 4 is 16.1 Å². The molecule has 124 valence electrons. The Hall–Kier alpha value is -1.68. The van der Waals surface area contributed by atoms with E-state index in [2.05, 4.69) is 4.74 Å². The maximum absolute atomic E-state index is 13.7. The lowest BCUT2D eigenvalue weighted by molar-refractivity contribution is -0.144. The molecule has 0 radical (unpaired) electrons. The van der Waals surface area contributed by atoms with Crippen LogP contribution in [-0.4, -0.2) is 18.9 Å². The minimum absolute atomic E-state index is 0.198. The van der Waals surface area contributed by atoms with Crippen molar-refractivity contribution in [1.82, 2.24) is 0 Å². The van der Waals surface area contributed by atoms with E-state index >= 15 is 0 Å². The molecule has 1 N–H and O–H groups in total. The van der Waals surface area contributed by atoms with Crippen molar-refractivity contribution in [2.75, 3.05) is 0 Å². The Bertz CT molecular complexity index is 699. The summed E-state index contributed by atoms with van der Waals surface area (Å²) in [5, 5.41) is 0. The zero-order valence-electron chi connectivity index (χ0n) is 11.7. The van der Waals surface area contributed by atoms with Gasteiger partial charge in [-0.2, -0.15) is 17.2 Å². The van der Waals surface area contributed by atoms with E-state index < -0.39 is 55.4 Å². The molecule has 1 aromatic carbocycles. The maximum atomic E-state index is 13.7. The maximum Gasteiger partial charge on any atom is 0.317 e. The monoisotopic (exact) mass is 344 g/mol. The second-order valence-electron chi connectivity index (χ2n) is 5.02. The summed E-state index contributed by atoms with van der Waals surface area (Å²) in [6, 6.07) is 0. The molecule has 1 rings (SSSR count). The molecule has 22 heavy (non-hydrogen) atoms. The molecule has 1 aromatic rings. The van der Waals surface area contributed by atoms with Gasteiger partial charge in [-0.25, -0.2) is 8.78 Å². The summed E-state index contributed by atoms with van der Waals surface area (Å²) >= 11 is 0. The third-order valence-corrected chi connectivity index (χ3v) is 3.95. The van der Waals surface area contributed by atoms with Crippen LogP contribution in [0.2, 0.25) is 0 Å². The molecule has 0 fully saturated rings. The molecule has 0 aliphatic rings. The number of hydrogen-bond donors (Lipinski definition) is 1. The van der Waals surface area contributed by atoms with Crippen LogP contribution in [0.25, 0.3) is 0 Å². The molecule has 0 saturated heterocycles. The predicted octanol–water partition coefficient (Wildman–Crippen LogP) is 2.83. The number of carbonyl (C=O) groups is 1. The standard InChI is InChI=1S/C12H12F4O5S/c1-4-12(2,3)11(17)21-9-5(13)7(15)10(22(18,19)20)8(16)6(9)14/h4H2,1-3H3,(H,18,19,20). The van der Waals surface area contributed by atoms with Gasteiger partial charge in [0.1, 0.15) is 0 Å². The molecule has 0 aliphatic heterocycles. The third kappa shape index (κ3) is 3.22. The molecule has 10 heteroatoms. The first kappa shape index (κ1) is 18.4. The largest absolute Gasteiger partial charge is 0.420 e. The van der Waals surface area contributed by atoms with Gasteiger partial charge >= 0.3 is 16.1 Å². The van der Waals surface area contributed by atoms with E-state index in [0.29, 0.717) is 0 Å². The summed E-state index contributed by atoms with van der Waals surface area (Å²) in [6.45, 7) is 4.30. The SMILES string of the molecule is CCC(C)(C)C(=O)Oc1c(F)c(F)c(S(=O)(=O)O)c(F)c1F. The predicted molar refractivity (Wildman–Crippen MR) is 65.8 cm³/mol. The lowest BCUT2D eigenvalue weighted by Crippen LogP contribution is -2.29. The van der Waals surface area contributed by atoms with Gasteiger partial charge in [0.25, 0.3) is 0 Å². The van der Waals surface area contributed by atoms with Crippen molar-refractivity contribution in [2.45, 2.75) is 32.1 Å². The topological polar surface area (TPSA) is 80.7 Å². The van der Waals surface area contributed by atoms with Crippen molar-refractivity contribution < 1.29 is 40.1 Å². The van der Waals surface area contributed by atoms with Crippen molar-refractivity contribution in [3.05, 3.63) is 23.3 Å². The van der Waals surface area contributed by atoms with Gasteiger partial charge in [0.05, 0.1) is 5.41 Å². The molecule has 0 heterocycles. The summed E-state index contributed by atoms with van der Waals surface area (Å²) in [7, 11) is -5.56. The highest BCUT2D eigenvalue weighted by Gasteiger charge is 2.36. The first-order valence-electron chi connectivity index (χ1n) is 5.90. The lowest BCUT2D eigenvalue weighted by atomic mass is 9.91. The zero-order chi connectivity index (χ0) is 17.5. The van der Waals surface area contributed by atoms with E-state index in [1.807, 2.05) is 0 Å². The summed E-state index contributed by atoms with van der Waals surface area (Å²) in [6.07, 6.45) is 0.198. The Morgan fingerprint density at radius 1 is 1.09 bits per heavy atom. The van der Waals surface area contributed by atoms with Gasteiger partial charge in [-0.1, -0.05) is 6.92 Å². The molecule has 0 spiro atoms. The van der Waals surface area contributed by atoms with E-state index in [9.17, 15) is 30.8 Å². The number of hydrogen-bond acceptors (Lipinski definition) is 4. The van der Waals surface area contributed by atoms with E-state index in [1.54, 1.807) is 6.92 Å². The van der Waals surface area contributed by atoms with Crippen LogP contribution in [0.4, 0.5) is 17.6 Å². The Labute approximate surface area is 123 Å². The highest BCUT2D eigenvalue weighted by Crippen LogP contribution is 2.34. The average Bonchev–Trinajstić information content (AvgIpc) is 2.39. The summed E-state index contributed by atoms with van der Waals surface area (Å²) < 4.78 is 88.7. The average molecular weight is 344 g/mol. The van der Waals surface area contributed by atoms with Crippen molar-refractivity contribution in [3.8, 4) is 5.75 Å². The van der Waals surface area contributed by atoms with Crippen molar-refractivity contribution in [2.24, 2.45) is 5.41 Å². The minimum Gasteiger partial charge on any atom is -0.420 e. The van der Waals surface area contributed by atoms with E-state index in [0.717, 1.165) is 0 Å². The van der Waals surface area contributed by atoms with Gasteiger partial charge < -0.3 is 4.74 Å². The Morgan fingerprint density at radius 3 is 1.82 bits per heavy atom. The van der Waals surface area contributed by atoms with Crippen LogP contribution in [-0.2, 0) is 14.9 Å². The highest BCUT2D eigenvalue weighted by atomic mass is 32.2. The van der Waals surface area contributed by atoms with Crippen LogP contribution >= 0.6 is 0 Å². The van der Waals surface area contributed by atoms with Crippen LogP contribution in [0.15, 0.2) is 4.90 Å². The zero-order valence-corrected chi connectivity index (χ0v) is 12.5. The number of carbonyl (C=O) groups excluding carboxylic acids is 1. The van der Waals surface area contributed by atoms with Crippen molar-refractivity contribution in [3.63, 3.8) is 0 Å². The van der Waals surface area contributed by atoms with Gasteiger partial charge in [-0.3, -0.25) is 9.35 Å². The molecule has 0 aromatic heterocycles. The van der Waals surface area contributed by atoms with Crippen molar-refractivity contribution in [1.29, 1.82) is 0 Å². The summed E-state index contributed by atoms with van der Waals surface area (Å²) in [4.78, 5) is 9.51. The van der Waals surface area contributed by atoms with Gasteiger partial charge in [-0.05, 0) is 20.3 Å². The summed E-state index contributed by atoms with van der Waals surface area (Å²) in [5.74, 6) is -12.2. The fourth-order valence-electron chi connectivity index (χ4n) is 1.28. The van der Waals surface area contributed by atoms with Crippen LogP contribution < -0.4 is 4.74 Å². The number of esters is 1. The fourth-order valence-corrected chi connectivity index (χ4v) is 1.91. The second-order valence-corrected chi connectivity index (χ2v) is 6.37. The molecule has 0 atom stereocenters. The van der Waals surface area contributed by atoms with E-state index in [1.165, 1.54) is 13.8 Å². The quantitative estimate of drug-likeness (QED) is 0.299. The molecule has 0 amide bonds. The van der Waals surface area contributed by atoms with Crippen LogP contribution in [0, 0.1) is 28.7 Å². The Morgan fingerprint density at radius 2 is 1.50 bits per heavy atom. The Balaban J connectivity index is 3.52. The second kappa shape index (κ2) is 5.84. The van der Waals surface area contributed by atoms with Gasteiger partial charge in [0.2, 0.25) is 17.4 Å². The first-order chi connectivity index (χ1) is 9.84. The molecular weight excluding hydrogens is 332 g/mol. The van der Waals surface area contributed by atoms with Crippen LogP contribution in [0.3, 0.4) is 0 Å². The molecule has 0 bridgehead atoms. The first-order valence-corrected chi connectivity index (χ1v) is 7.34. The molecule has 0 aliphatic carbocycles. The number of ether oxygens (including phenoxy) is 1. The number of halogens is 4. The molecular formula is C12H12F4O5S. The summed E-state index contributed by atoms with van der Waals surface area (Å²) in [5.41, 5.74) is -1.20. The molecule has 0 unspecified atom stereocenters. The lowest BCUT2D eigenvalue weighted by Gasteiger charge is -2.20. The van der Waals surface area contributed by atoms with Gasteiger partial charge in [0.15, 0.2) is 16.5 Å². The van der Waals surface area contributed by atoms with E-state index in [-0.39, 0.29) is 6.42 Å². The third-order valence-electron chi connectivity index (χ3n) is 3.07. The van der Waals surface area contributed by atoms with Gasteiger partial charge in [0, 0.05) is 0 Å². The number of rotatable bonds is 4. The highest BCUT2D eigenvalue weighted by molar-refractivity contribution is 7.85. The number of benzene rings is 1. The molecule has 5 nitrogen and oxygen atoms in total. The van der Waals surface area contributed by atoms with Crippen LogP contribution in [0.1, 0.15) is 27.2 Å².